The summed E-state index contributed by atoms with van der Waals surface area (Å²) in [6.07, 6.45) is 4.27. The lowest BCUT2D eigenvalue weighted by Gasteiger charge is -2.18. The van der Waals surface area contributed by atoms with E-state index in [2.05, 4.69) is 23.9 Å². The number of benzene rings is 1. The van der Waals surface area contributed by atoms with Crippen molar-refractivity contribution >= 4 is 5.97 Å². The van der Waals surface area contributed by atoms with Gasteiger partial charge in [0.2, 0.25) is 0 Å². The van der Waals surface area contributed by atoms with Crippen molar-refractivity contribution in [1.29, 1.82) is 0 Å². The topological polar surface area (TPSA) is 67.8 Å². The van der Waals surface area contributed by atoms with E-state index in [1.807, 2.05) is 0 Å². The first-order chi connectivity index (χ1) is 11.6. The van der Waals surface area contributed by atoms with Gasteiger partial charge in [0.25, 0.3) is 0 Å². The molecule has 5 heteroatoms. The van der Waals surface area contributed by atoms with Crippen molar-refractivity contribution in [3.8, 4) is 5.75 Å². The number of carbonyl (C=O) groups is 1. The summed E-state index contributed by atoms with van der Waals surface area (Å²) in [4.78, 5) is 11.5. The second kappa shape index (κ2) is 11.9. The minimum absolute atomic E-state index is 0.184. The lowest BCUT2D eigenvalue weighted by Crippen LogP contribution is -2.34. The predicted molar refractivity (Wildman–Crippen MR) is 95.5 cm³/mol. The molecule has 0 saturated carbocycles. The van der Waals surface area contributed by atoms with Crippen LogP contribution in [0.4, 0.5) is 0 Å². The van der Waals surface area contributed by atoms with E-state index < -0.39 is 12.1 Å². The summed E-state index contributed by atoms with van der Waals surface area (Å²) in [7, 11) is 1.34. The Morgan fingerprint density at radius 1 is 1.29 bits per heavy atom. The van der Waals surface area contributed by atoms with Gasteiger partial charge in [0.05, 0.1) is 12.7 Å². The van der Waals surface area contributed by atoms with Crippen molar-refractivity contribution in [1.82, 2.24) is 5.32 Å². The number of methoxy groups -OCH3 is 1. The molecule has 24 heavy (non-hydrogen) atoms. The largest absolute Gasteiger partial charge is 0.491 e. The van der Waals surface area contributed by atoms with Gasteiger partial charge < -0.3 is 19.9 Å². The first kappa shape index (κ1) is 20.5. The number of unbranched alkanes of at least 4 members (excludes halogenated alkanes) is 1. The fourth-order valence-corrected chi connectivity index (χ4v) is 2.48. The Kier molecular flexibility index (Phi) is 10.1. The molecule has 0 fully saturated rings. The third-order valence-corrected chi connectivity index (χ3v) is 4.05. The van der Waals surface area contributed by atoms with Gasteiger partial charge in [-0.1, -0.05) is 39.2 Å². The third-order valence-electron chi connectivity index (χ3n) is 4.05. The van der Waals surface area contributed by atoms with Gasteiger partial charge in [-0.2, -0.15) is 0 Å². The second-order valence-electron chi connectivity index (χ2n) is 6.06. The molecule has 0 amide bonds. The van der Waals surface area contributed by atoms with E-state index in [4.69, 9.17) is 4.74 Å². The number of hydrogen-bond donors (Lipinski definition) is 2. The van der Waals surface area contributed by atoms with Gasteiger partial charge in [-0.3, -0.25) is 0 Å². The third kappa shape index (κ3) is 7.79. The summed E-state index contributed by atoms with van der Waals surface area (Å²) in [5.74, 6) is 0.807. The molecule has 0 heterocycles. The molecule has 1 rings (SSSR count). The number of aliphatic hydroxyl groups excluding tert-OH is 1. The van der Waals surface area contributed by atoms with E-state index in [0.29, 0.717) is 23.8 Å². The molecule has 0 aliphatic heterocycles. The van der Waals surface area contributed by atoms with Crippen LogP contribution in [0.1, 0.15) is 49.9 Å². The number of rotatable bonds is 12. The standard InChI is InChI=1S/C19H31NO4/c1-4-6-8-15(5-2)12-20-13-17(21)14-24-18-10-7-9-16(11-18)19(22)23-3/h7,9-11,15,17,20-21H,4-6,8,12-14H2,1-3H3/t15-,17+/m0/s1. The van der Waals surface area contributed by atoms with Gasteiger partial charge >= 0.3 is 5.97 Å². The number of hydrogen-bond acceptors (Lipinski definition) is 5. The molecule has 0 aromatic heterocycles. The van der Waals surface area contributed by atoms with Crippen LogP contribution in [0, 0.1) is 5.92 Å². The normalized spacial score (nSPS) is 13.3. The fraction of sp³-hybridized carbons (Fsp3) is 0.632. The van der Waals surface area contributed by atoms with Gasteiger partial charge in [-0.15, -0.1) is 0 Å². The van der Waals surface area contributed by atoms with E-state index >= 15 is 0 Å². The van der Waals surface area contributed by atoms with Gasteiger partial charge in [-0.05, 0) is 37.1 Å². The van der Waals surface area contributed by atoms with Crippen molar-refractivity contribution < 1.29 is 19.4 Å². The number of esters is 1. The van der Waals surface area contributed by atoms with E-state index in [-0.39, 0.29) is 6.61 Å². The Morgan fingerprint density at radius 2 is 2.08 bits per heavy atom. The smallest absolute Gasteiger partial charge is 0.337 e. The van der Waals surface area contributed by atoms with Crippen LogP contribution < -0.4 is 10.1 Å². The van der Waals surface area contributed by atoms with Crippen LogP contribution in [0.3, 0.4) is 0 Å². The van der Waals surface area contributed by atoms with Gasteiger partial charge in [0, 0.05) is 6.54 Å². The molecule has 1 aromatic carbocycles. The Bertz CT molecular complexity index is 478. The van der Waals surface area contributed by atoms with E-state index in [1.165, 1.54) is 26.4 Å². The summed E-state index contributed by atoms with van der Waals surface area (Å²) >= 11 is 0. The van der Waals surface area contributed by atoms with Gasteiger partial charge in [0.15, 0.2) is 0 Å². The van der Waals surface area contributed by atoms with Crippen molar-refractivity contribution in [2.45, 2.75) is 45.6 Å². The lowest BCUT2D eigenvalue weighted by atomic mass is 9.99. The molecular formula is C19H31NO4. The Hall–Kier alpha value is -1.59. The Balaban J connectivity index is 2.30. The highest BCUT2D eigenvalue weighted by Crippen LogP contribution is 2.14. The molecule has 0 spiro atoms. The first-order valence-electron chi connectivity index (χ1n) is 8.80. The van der Waals surface area contributed by atoms with Crippen molar-refractivity contribution in [3.05, 3.63) is 29.8 Å². The molecule has 136 valence electrons. The molecule has 0 bridgehead atoms. The van der Waals surface area contributed by atoms with E-state index in [9.17, 15) is 9.90 Å². The molecule has 0 aliphatic carbocycles. The highest BCUT2D eigenvalue weighted by molar-refractivity contribution is 5.89. The molecule has 2 N–H and O–H groups in total. The average molecular weight is 337 g/mol. The number of ether oxygens (including phenoxy) is 2. The predicted octanol–water partition coefficient (Wildman–Crippen LogP) is 3.02. The minimum atomic E-state index is -0.588. The van der Waals surface area contributed by atoms with Crippen LogP contribution in [0.5, 0.6) is 5.75 Å². The van der Waals surface area contributed by atoms with E-state index in [0.717, 1.165) is 13.0 Å². The highest BCUT2D eigenvalue weighted by Gasteiger charge is 2.10. The zero-order valence-corrected chi connectivity index (χ0v) is 15.1. The molecule has 0 saturated heterocycles. The minimum Gasteiger partial charge on any atom is -0.491 e. The lowest BCUT2D eigenvalue weighted by molar-refractivity contribution is 0.0600. The van der Waals surface area contributed by atoms with Crippen LogP contribution >= 0.6 is 0 Å². The summed E-state index contributed by atoms with van der Waals surface area (Å²) < 4.78 is 10.2. The monoisotopic (exact) mass is 337 g/mol. The number of carbonyl (C=O) groups excluding carboxylic acids is 1. The van der Waals surface area contributed by atoms with Gasteiger partial charge in [-0.25, -0.2) is 4.79 Å². The maximum Gasteiger partial charge on any atom is 0.337 e. The zero-order valence-electron chi connectivity index (χ0n) is 15.1. The van der Waals surface area contributed by atoms with Crippen LogP contribution in [0.25, 0.3) is 0 Å². The fourth-order valence-electron chi connectivity index (χ4n) is 2.48. The maximum absolute atomic E-state index is 11.5. The first-order valence-corrected chi connectivity index (χ1v) is 8.80. The van der Waals surface area contributed by atoms with Crippen LogP contribution in [0.2, 0.25) is 0 Å². The van der Waals surface area contributed by atoms with Crippen LogP contribution in [0.15, 0.2) is 24.3 Å². The second-order valence-corrected chi connectivity index (χ2v) is 6.06. The van der Waals surface area contributed by atoms with E-state index in [1.54, 1.807) is 24.3 Å². The van der Waals surface area contributed by atoms with Crippen molar-refractivity contribution in [2.75, 3.05) is 26.8 Å². The van der Waals surface area contributed by atoms with Gasteiger partial charge in [0.1, 0.15) is 18.5 Å². The summed E-state index contributed by atoms with van der Waals surface area (Å²) in [5, 5.41) is 13.3. The Morgan fingerprint density at radius 3 is 2.75 bits per heavy atom. The SMILES string of the molecule is CCCC[C@H](CC)CNC[C@@H](O)COc1cccc(C(=O)OC)c1. The molecule has 2 atom stereocenters. The average Bonchev–Trinajstić information content (AvgIpc) is 2.62. The molecule has 0 aliphatic rings. The summed E-state index contributed by atoms with van der Waals surface area (Å²) in [6, 6.07) is 6.76. The summed E-state index contributed by atoms with van der Waals surface area (Å²) in [5.41, 5.74) is 0.435. The summed E-state index contributed by atoms with van der Waals surface area (Å²) in [6.45, 7) is 6.01. The molecule has 0 unspecified atom stereocenters. The zero-order chi connectivity index (χ0) is 17.8. The molecular weight excluding hydrogens is 306 g/mol. The molecule has 0 radical (unpaired) electrons. The number of aliphatic hydroxyl groups is 1. The molecule has 5 nitrogen and oxygen atoms in total. The highest BCUT2D eigenvalue weighted by atomic mass is 16.5. The van der Waals surface area contributed by atoms with Crippen LogP contribution in [-0.4, -0.2) is 44.0 Å². The number of nitrogens with one attached hydrogen (secondary N) is 1. The maximum atomic E-state index is 11.5. The van der Waals surface area contributed by atoms with Crippen molar-refractivity contribution in [2.24, 2.45) is 5.92 Å². The van der Waals surface area contributed by atoms with Crippen LogP contribution in [-0.2, 0) is 4.74 Å². The van der Waals surface area contributed by atoms with Crippen molar-refractivity contribution in [3.63, 3.8) is 0 Å². The quantitative estimate of drug-likeness (QED) is 0.574. The molecule has 1 aromatic rings. The Labute approximate surface area is 145 Å².